The summed E-state index contributed by atoms with van der Waals surface area (Å²) in [7, 11) is 0. The van der Waals surface area contributed by atoms with Crippen LogP contribution in [0.25, 0.3) is 0 Å². The Labute approximate surface area is 70.6 Å². The van der Waals surface area contributed by atoms with Crippen molar-refractivity contribution in [2.75, 3.05) is 0 Å². The van der Waals surface area contributed by atoms with Crippen molar-refractivity contribution in [2.45, 2.75) is 39.5 Å². The van der Waals surface area contributed by atoms with Gasteiger partial charge in [0.2, 0.25) is 0 Å². The zero-order valence-corrected chi connectivity index (χ0v) is 7.62. The van der Waals surface area contributed by atoms with Crippen molar-refractivity contribution in [1.82, 2.24) is 0 Å². The smallest absolute Gasteiger partial charge is 0.346 e. The minimum atomic E-state index is 0. The van der Waals surface area contributed by atoms with Crippen molar-refractivity contribution in [3.05, 3.63) is 13.8 Å². The summed E-state index contributed by atoms with van der Waals surface area (Å²) >= 11 is 0. The summed E-state index contributed by atoms with van der Waals surface area (Å²) in [6, 6.07) is 0. The third kappa shape index (κ3) is 29.3. The number of rotatable bonds is 3. The minimum Gasteiger partial charge on any atom is -0.346 e. The van der Waals surface area contributed by atoms with Gasteiger partial charge in [0.15, 0.2) is 0 Å². The van der Waals surface area contributed by atoms with E-state index in [1.807, 2.05) is 0 Å². The molecule has 0 saturated carbocycles. The van der Waals surface area contributed by atoms with E-state index in [0.717, 1.165) is 6.42 Å². The zero-order valence-electron chi connectivity index (χ0n) is 6.58. The molecule has 0 rings (SSSR count). The molecule has 0 aliphatic heterocycles. The van der Waals surface area contributed by atoms with Crippen molar-refractivity contribution in [1.29, 1.82) is 0 Å². The normalized spacial score (nSPS) is 6.67. The summed E-state index contributed by atoms with van der Waals surface area (Å²) < 4.78 is 0. The standard InChI is InChI=1S/C6H13.C2H5.Co/c1-3-5-6-4-2;1-2;/h1,3-6H2,2H3;1H2,2H3;/q2*-1;+2. The second-order valence-corrected chi connectivity index (χ2v) is 1.56. The van der Waals surface area contributed by atoms with Crippen LogP contribution in [0.15, 0.2) is 0 Å². The molecule has 9 heavy (non-hydrogen) atoms. The first-order chi connectivity index (χ1) is 3.91. The fourth-order valence-electron chi connectivity index (χ4n) is 0.427. The Balaban J connectivity index is -0.000000109. The maximum atomic E-state index is 3.72. The SMILES string of the molecule is [CH2-]C.[CH2-]CCCCC.[Co+2]. The molecule has 0 amide bonds. The molecular weight excluding hydrogens is 155 g/mol. The van der Waals surface area contributed by atoms with E-state index in [1.54, 1.807) is 6.92 Å². The van der Waals surface area contributed by atoms with E-state index in [0.29, 0.717) is 0 Å². The molecule has 0 aromatic carbocycles. The fraction of sp³-hybridized carbons (Fsp3) is 0.750. The molecule has 0 spiro atoms. The Morgan fingerprint density at radius 1 is 1.11 bits per heavy atom. The van der Waals surface area contributed by atoms with Crippen molar-refractivity contribution >= 4 is 0 Å². The Hall–Kier alpha value is 0.506. The predicted molar refractivity (Wildman–Crippen MR) is 40.5 cm³/mol. The molecule has 0 heterocycles. The predicted octanol–water partition coefficient (Wildman–Crippen LogP) is 3.24. The number of unbranched alkanes of at least 4 members (excludes halogenated alkanes) is 3. The van der Waals surface area contributed by atoms with E-state index in [1.165, 1.54) is 19.3 Å². The minimum absolute atomic E-state index is 0. The molecule has 0 unspecified atom stereocenters. The quantitative estimate of drug-likeness (QED) is 0.454. The van der Waals surface area contributed by atoms with Gasteiger partial charge in [-0.3, -0.25) is 0 Å². The molecule has 0 aromatic rings. The van der Waals surface area contributed by atoms with Gasteiger partial charge in [-0.15, -0.1) is 0 Å². The van der Waals surface area contributed by atoms with Crippen LogP contribution in [0, 0.1) is 13.8 Å². The molecule has 0 bridgehead atoms. The van der Waals surface area contributed by atoms with Crippen LogP contribution in [-0.2, 0) is 16.8 Å². The van der Waals surface area contributed by atoms with Crippen LogP contribution in [-0.4, -0.2) is 0 Å². The Morgan fingerprint density at radius 3 is 1.67 bits per heavy atom. The van der Waals surface area contributed by atoms with E-state index in [-0.39, 0.29) is 16.8 Å². The molecule has 0 aromatic heterocycles. The Morgan fingerprint density at radius 2 is 1.56 bits per heavy atom. The average molecular weight is 173 g/mol. The first kappa shape index (κ1) is 16.2. The summed E-state index contributed by atoms with van der Waals surface area (Å²) in [4.78, 5) is 0. The summed E-state index contributed by atoms with van der Waals surface area (Å²) in [5.74, 6) is 0. The van der Waals surface area contributed by atoms with E-state index in [9.17, 15) is 0 Å². The molecular formula is C8H18Co. The monoisotopic (exact) mass is 173 g/mol. The molecule has 1 heteroatoms. The van der Waals surface area contributed by atoms with Gasteiger partial charge in [-0.1, -0.05) is 26.2 Å². The van der Waals surface area contributed by atoms with Gasteiger partial charge in [0.05, 0.1) is 0 Å². The van der Waals surface area contributed by atoms with E-state index in [4.69, 9.17) is 0 Å². The summed E-state index contributed by atoms with van der Waals surface area (Å²) in [6.45, 7) is 10.9. The molecule has 0 aliphatic rings. The summed E-state index contributed by atoms with van der Waals surface area (Å²) in [6.07, 6.45) is 5.07. The molecule has 59 valence electrons. The summed E-state index contributed by atoms with van der Waals surface area (Å²) in [5, 5.41) is 0. The maximum absolute atomic E-state index is 3.72. The Kier molecular flexibility index (Phi) is 42.6. The van der Waals surface area contributed by atoms with Crippen LogP contribution in [0.2, 0.25) is 0 Å². The van der Waals surface area contributed by atoms with Crippen LogP contribution in [0.4, 0.5) is 0 Å². The van der Waals surface area contributed by atoms with Crippen molar-refractivity contribution in [2.24, 2.45) is 0 Å². The van der Waals surface area contributed by atoms with Gasteiger partial charge in [-0.25, -0.2) is 0 Å². The average Bonchev–Trinajstić information content (AvgIpc) is 1.88. The van der Waals surface area contributed by atoms with Gasteiger partial charge < -0.3 is 13.8 Å². The van der Waals surface area contributed by atoms with E-state index < -0.39 is 0 Å². The fourth-order valence-corrected chi connectivity index (χ4v) is 0.427. The second kappa shape index (κ2) is 23.6. The summed E-state index contributed by atoms with van der Waals surface area (Å²) in [5.41, 5.74) is 0. The first-order valence-electron chi connectivity index (χ1n) is 3.41. The third-order valence-corrected chi connectivity index (χ3v) is 0.854. The molecule has 0 atom stereocenters. The van der Waals surface area contributed by atoms with Gasteiger partial charge >= 0.3 is 16.8 Å². The molecule has 0 saturated heterocycles. The van der Waals surface area contributed by atoms with Crippen molar-refractivity contribution in [3.8, 4) is 0 Å². The maximum Gasteiger partial charge on any atom is 2.00 e. The van der Waals surface area contributed by atoms with E-state index in [2.05, 4.69) is 20.8 Å². The van der Waals surface area contributed by atoms with Gasteiger partial charge in [0.1, 0.15) is 0 Å². The van der Waals surface area contributed by atoms with Crippen LogP contribution in [0.5, 0.6) is 0 Å². The van der Waals surface area contributed by atoms with Crippen LogP contribution < -0.4 is 0 Å². The van der Waals surface area contributed by atoms with Gasteiger partial charge in [0, 0.05) is 0 Å². The molecule has 1 radical (unpaired) electrons. The zero-order chi connectivity index (χ0) is 6.83. The largest absolute Gasteiger partial charge is 2.00 e. The molecule has 0 aliphatic carbocycles. The van der Waals surface area contributed by atoms with Crippen LogP contribution >= 0.6 is 0 Å². The second-order valence-electron chi connectivity index (χ2n) is 1.56. The van der Waals surface area contributed by atoms with Gasteiger partial charge in [0.25, 0.3) is 0 Å². The third-order valence-electron chi connectivity index (χ3n) is 0.854. The van der Waals surface area contributed by atoms with Crippen molar-refractivity contribution < 1.29 is 16.8 Å². The van der Waals surface area contributed by atoms with Gasteiger partial charge in [-0.05, 0) is 0 Å². The van der Waals surface area contributed by atoms with Crippen LogP contribution in [0.3, 0.4) is 0 Å². The topological polar surface area (TPSA) is 0 Å². The molecule has 0 nitrogen and oxygen atoms in total. The number of hydrogen-bond donors (Lipinski definition) is 0. The Bertz CT molecular complexity index is 16.5. The number of hydrogen-bond acceptors (Lipinski definition) is 0. The molecule has 0 fully saturated rings. The van der Waals surface area contributed by atoms with E-state index >= 15 is 0 Å². The first-order valence-corrected chi connectivity index (χ1v) is 3.41. The van der Waals surface area contributed by atoms with Gasteiger partial charge in [-0.2, -0.15) is 13.3 Å². The van der Waals surface area contributed by atoms with Crippen molar-refractivity contribution in [3.63, 3.8) is 0 Å². The molecule has 0 N–H and O–H groups in total. The van der Waals surface area contributed by atoms with Crippen LogP contribution in [0.1, 0.15) is 39.5 Å².